The molecule has 4 aliphatic rings. The highest BCUT2D eigenvalue weighted by Crippen LogP contribution is 2.72. The first-order valence-corrected chi connectivity index (χ1v) is 16.9. The van der Waals surface area contributed by atoms with Gasteiger partial charge < -0.3 is 29.4 Å². The number of phosphoric acid groups is 6. The maximum absolute atomic E-state index is 12.1. The highest BCUT2D eigenvalue weighted by atomic mass is 31.3. The first-order chi connectivity index (χ1) is 14.7. The predicted octanol–water partition coefficient (Wildman–Crippen LogP) is 0.640. The van der Waals surface area contributed by atoms with Crippen LogP contribution in [0.25, 0.3) is 0 Å². The Labute approximate surface area is 188 Å². The van der Waals surface area contributed by atoms with Gasteiger partial charge in [-0.1, -0.05) is 7.43 Å². The van der Waals surface area contributed by atoms with E-state index in [2.05, 4.69) is 40.1 Å². The zero-order chi connectivity index (χ0) is 24.8. The first-order valence-electron chi connectivity index (χ1n) is 7.90. The van der Waals surface area contributed by atoms with Crippen LogP contribution in [0.5, 0.6) is 0 Å². The second kappa shape index (κ2) is 8.92. The first kappa shape index (κ1) is 29.3. The third-order valence-corrected chi connectivity index (χ3v) is 12.1. The molecule has 3 saturated heterocycles. The molecule has 0 aromatic rings. The van der Waals surface area contributed by atoms with E-state index in [1.807, 2.05) is 0 Å². The number of hydrogen-bond acceptors (Lipinski definition) is 15. The highest BCUT2D eigenvalue weighted by molar-refractivity contribution is 7.62. The molecular weight excluding hydrogens is 606 g/mol. The topological polar surface area (TPSA) is 307 Å². The highest BCUT2D eigenvalue weighted by Gasteiger charge is 2.68. The molecule has 4 rings (SSSR count). The zero-order valence-electron chi connectivity index (χ0n) is 15.0. The van der Waals surface area contributed by atoms with Crippen molar-refractivity contribution in [3.8, 4) is 0 Å². The second-order valence-corrected chi connectivity index (χ2v) is 15.3. The van der Waals surface area contributed by atoms with Crippen molar-refractivity contribution in [1.82, 2.24) is 0 Å². The van der Waals surface area contributed by atoms with Crippen molar-refractivity contribution in [2.24, 2.45) is 0 Å². The molecule has 0 spiro atoms. The summed E-state index contributed by atoms with van der Waals surface area (Å²) >= 11 is 0. The van der Waals surface area contributed by atoms with E-state index in [4.69, 9.17) is 0 Å². The van der Waals surface area contributed by atoms with Gasteiger partial charge in [0.2, 0.25) is 0 Å². The maximum atomic E-state index is 12.1. The smallest absolute Gasteiger partial charge is 0.302 e. The monoisotopic (exact) mass is 622 g/mol. The van der Waals surface area contributed by atoms with Crippen LogP contribution in [0.3, 0.4) is 0 Å². The van der Waals surface area contributed by atoms with Crippen molar-refractivity contribution in [1.29, 1.82) is 0 Å². The van der Waals surface area contributed by atoms with E-state index in [1.165, 1.54) is 0 Å². The lowest BCUT2D eigenvalue weighted by molar-refractivity contribution is -0.185. The maximum Gasteiger partial charge on any atom is 0.481 e. The summed E-state index contributed by atoms with van der Waals surface area (Å²) in [5, 5.41) is 0. The number of rotatable bonds is 0. The van der Waals surface area contributed by atoms with Crippen molar-refractivity contribution >= 4 is 46.9 Å². The van der Waals surface area contributed by atoms with Gasteiger partial charge in [-0.3, -0.25) is 27.1 Å². The van der Waals surface area contributed by atoms with E-state index in [-0.39, 0.29) is 7.43 Å². The van der Waals surface area contributed by atoms with Crippen LogP contribution in [0.2, 0.25) is 0 Å². The van der Waals surface area contributed by atoms with E-state index in [0.717, 1.165) is 0 Å². The molecule has 1 aliphatic carbocycles. The van der Waals surface area contributed by atoms with Crippen molar-refractivity contribution in [2.45, 2.75) is 44.1 Å². The molecule has 4 fully saturated rings. The Kier molecular flexibility index (Phi) is 7.70. The summed E-state index contributed by atoms with van der Waals surface area (Å²) < 4.78 is 112. The zero-order valence-corrected chi connectivity index (χ0v) is 20.3. The minimum Gasteiger partial charge on any atom is -0.302 e. The Bertz CT molecular complexity index is 897. The van der Waals surface area contributed by atoms with Crippen LogP contribution in [-0.2, 0) is 67.5 Å². The van der Waals surface area contributed by atoms with Crippen LogP contribution >= 0.6 is 46.9 Å². The van der Waals surface area contributed by atoms with Crippen LogP contribution < -0.4 is 0 Å². The average molecular weight is 622 g/mol. The summed E-state index contributed by atoms with van der Waals surface area (Å²) in [6.45, 7) is 0. The van der Waals surface area contributed by atoms with Gasteiger partial charge in [0.15, 0.2) is 0 Å². The fourth-order valence-corrected chi connectivity index (χ4v) is 10.6. The van der Waals surface area contributed by atoms with E-state index < -0.39 is 83.6 Å². The molecule has 1 saturated carbocycles. The van der Waals surface area contributed by atoms with Gasteiger partial charge >= 0.3 is 46.9 Å². The summed E-state index contributed by atoms with van der Waals surface area (Å²) in [4.78, 5) is 58.3. The van der Waals surface area contributed by atoms with Crippen molar-refractivity contribution in [2.75, 3.05) is 0 Å². The molecule has 200 valence electrons. The Morgan fingerprint density at radius 2 is 0.471 bits per heavy atom. The SMILES string of the molecule is C.O=P1(O)OC2C3OP(=O)(O)OP(=O)(O)OC3C3OP(=O)(O)OP(=O)(O)OC3C2OP(=O)(O)O1. The lowest BCUT2D eigenvalue weighted by atomic mass is 9.85. The molecule has 0 aromatic heterocycles. The normalized spacial score (nSPS) is 60.2. The summed E-state index contributed by atoms with van der Waals surface area (Å²) in [6, 6.07) is 0. The number of hydrogen-bond donors (Lipinski definition) is 6. The molecule has 3 heterocycles. The Balaban J connectivity index is 0.00000324. The predicted molar refractivity (Wildman–Crippen MR) is 98.2 cm³/mol. The van der Waals surface area contributed by atoms with Gasteiger partial charge in [-0.05, 0) is 0 Å². The molecule has 27 heteroatoms. The van der Waals surface area contributed by atoms with Crippen molar-refractivity contribution in [3.63, 3.8) is 0 Å². The lowest BCUT2D eigenvalue weighted by Gasteiger charge is -2.45. The molecule has 0 amide bonds. The fraction of sp³-hybridized carbons (Fsp3) is 1.00. The van der Waals surface area contributed by atoms with Gasteiger partial charge in [-0.15, -0.1) is 0 Å². The minimum absolute atomic E-state index is 0. The van der Waals surface area contributed by atoms with Crippen LogP contribution in [0, 0.1) is 0 Å². The lowest BCUT2D eigenvalue weighted by Crippen LogP contribution is -2.65. The van der Waals surface area contributed by atoms with Crippen LogP contribution in [0.1, 0.15) is 7.43 Å². The molecule has 21 nitrogen and oxygen atoms in total. The quantitative estimate of drug-likeness (QED) is 0.202. The molecular formula is C7H16O21P6. The second-order valence-electron chi connectivity index (χ2n) is 6.48. The summed E-state index contributed by atoms with van der Waals surface area (Å²) in [5.41, 5.74) is 0. The minimum atomic E-state index is -5.59. The summed E-state index contributed by atoms with van der Waals surface area (Å²) in [6.07, 6.45) is -14.4. The molecule has 3 aliphatic heterocycles. The average Bonchev–Trinajstić information content (AvgIpc) is 2.74. The van der Waals surface area contributed by atoms with E-state index in [9.17, 15) is 56.8 Å². The third-order valence-electron chi connectivity index (χ3n) is 4.09. The summed E-state index contributed by atoms with van der Waals surface area (Å²) in [7, 11) is -33.5. The van der Waals surface area contributed by atoms with Crippen molar-refractivity contribution < 1.29 is 96.8 Å². The van der Waals surface area contributed by atoms with Crippen LogP contribution in [-0.4, -0.2) is 66.0 Å². The molecule has 34 heavy (non-hydrogen) atoms. The molecule has 0 bridgehead atoms. The van der Waals surface area contributed by atoms with Gasteiger partial charge in [0.25, 0.3) is 0 Å². The Hall–Kier alpha value is 0.780. The number of phosphoric ester groups is 6. The standard InChI is InChI=1S/C6H12O21P6.CH4/c7-28(8)19-1-2(20-29(9,10)25-28)4-6(24-33(17,18)27-32(15,16)23-4)5-3(1)21-30(11,12)26-31(13,14)22-5;/h1-6H,(H,7,8)(H,9,10)(H,11,12)(H,13,14)(H,15,16)(H,17,18);1H4. The third kappa shape index (κ3) is 6.25. The van der Waals surface area contributed by atoms with Crippen LogP contribution in [0.15, 0.2) is 0 Å². The van der Waals surface area contributed by atoms with Gasteiger partial charge in [-0.2, -0.15) is 12.9 Å². The van der Waals surface area contributed by atoms with E-state index >= 15 is 0 Å². The Morgan fingerprint density at radius 1 is 0.353 bits per heavy atom. The summed E-state index contributed by atoms with van der Waals surface area (Å²) in [5.74, 6) is 0. The molecule has 0 aromatic carbocycles. The molecule has 0 radical (unpaired) electrons. The van der Waals surface area contributed by atoms with Crippen LogP contribution in [0.4, 0.5) is 0 Å². The fourth-order valence-electron chi connectivity index (χ4n) is 3.27. The largest absolute Gasteiger partial charge is 0.481 e. The van der Waals surface area contributed by atoms with Gasteiger partial charge in [0.05, 0.1) is 0 Å². The molecule has 6 N–H and O–H groups in total. The van der Waals surface area contributed by atoms with E-state index in [1.54, 1.807) is 0 Å². The van der Waals surface area contributed by atoms with Gasteiger partial charge in [0.1, 0.15) is 36.6 Å². The number of fused-ring (bicyclic) bond motifs is 6. The van der Waals surface area contributed by atoms with Gasteiger partial charge in [-0.25, -0.2) is 27.4 Å². The van der Waals surface area contributed by atoms with Crippen molar-refractivity contribution in [3.05, 3.63) is 0 Å². The molecule has 6 unspecified atom stereocenters. The van der Waals surface area contributed by atoms with Gasteiger partial charge in [0, 0.05) is 0 Å². The molecule has 6 atom stereocenters. The van der Waals surface area contributed by atoms with E-state index in [0.29, 0.717) is 0 Å². The Morgan fingerprint density at radius 3 is 0.588 bits per heavy atom.